The van der Waals surface area contributed by atoms with Gasteiger partial charge in [-0.05, 0) is 24.3 Å². The van der Waals surface area contributed by atoms with Gasteiger partial charge in [0, 0.05) is 33.0 Å². The number of hydrogen-bond acceptors (Lipinski definition) is 4. The van der Waals surface area contributed by atoms with E-state index in [-0.39, 0.29) is 5.91 Å². The van der Waals surface area contributed by atoms with E-state index >= 15 is 0 Å². The zero-order valence-corrected chi connectivity index (χ0v) is 11.2. The fourth-order valence-electron chi connectivity index (χ4n) is 1.57. The quantitative estimate of drug-likeness (QED) is 0.659. The molecule has 19 heavy (non-hydrogen) atoms. The van der Waals surface area contributed by atoms with Crippen LogP contribution in [0.15, 0.2) is 36.7 Å². The third-order valence-corrected chi connectivity index (χ3v) is 2.88. The predicted octanol–water partition coefficient (Wildman–Crippen LogP) is 1.00. The second-order valence-corrected chi connectivity index (χ2v) is 4.44. The van der Waals surface area contributed by atoms with Gasteiger partial charge in [-0.15, -0.1) is 0 Å². The van der Waals surface area contributed by atoms with Crippen LogP contribution in [0.25, 0.3) is 5.69 Å². The summed E-state index contributed by atoms with van der Waals surface area (Å²) < 4.78 is 1.65. The summed E-state index contributed by atoms with van der Waals surface area (Å²) in [5.41, 5.74) is 7.73. The van der Waals surface area contributed by atoms with E-state index in [1.807, 2.05) is 26.2 Å². The summed E-state index contributed by atoms with van der Waals surface area (Å²) in [7, 11) is 5.33. The molecule has 1 aromatic heterocycles. The van der Waals surface area contributed by atoms with Crippen molar-refractivity contribution in [2.75, 3.05) is 26.9 Å². The monoisotopic (exact) mass is 259 g/mol. The molecule has 0 atom stereocenters. The number of rotatable bonds is 3. The van der Waals surface area contributed by atoms with Crippen molar-refractivity contribution in [3.63, 3.8) is 0 Å². The average molecular weight is 259 g/mol. The van der Waals surface area contributed by atoms with Crippen molar-refractivity contribution in [1.29, 1.82) is 0 Å². The van der Waals surface area contributed by atoms with Crippen LogP contribution in [0, 0.1) is 0 Å². The van der Waals surface area contributed by atoms with Gasteiger partial charge in [0.2, 0.25) is 0 Å². The largest absolute Gasteiger partial charge is 0.399 e. The third-order valence-electron chi connectivity index (χ3n) is 2.88. The maximum Gasteiger partial charge on any atom is 0.271 e. The second kappa shape index (κ2) is 5.11. The van der Waals surface area contributed by atoms with E-state index in [1.165, 1.54) is 5.01 Å². The molecule has 0 unspecified atom stereocenters. The van der Waals surface area contributed by atoms with E-state index in [9.17, 15) is 4.79 Å². The molecule has 0 spiro atoms. The average Bonchev–Trinajstić information content (AvgIpc) is 2.87. The Bertz CT molecular complexity index is 573. The van der Waals surface area contributed by atoms with Crippen LogP contribution < -0.4 is 5.73 Å². The first-order chi connectivity index (χ1) is 8.99. The Kier molecular flexibility index (Phi) is 3.52. The zero-order valence-electron chi connectivity index (χ0n) is 11.2. The van der Waals surface area contributed by atoms with Crippen molar-refractivity contribution in [3.05, 3.63) is 42.2 Å². The molecule has 0 aliphatic carbocycles. The Morgan fingerprint density at radius 3 is 2.42 bits per heavy atom. The van der Waals surface area contributed by atoms with Gasteiger partial charge in [-0.2, -0.15) is 5.10 Å². The Morgan fingerprint density at radius 1 is 1.21 bits per heavy atom. The topological polar surface area (TPSA) is 67.4 Å². The number of carbonyl (C=O) groups excluding carboxylic acids is 1. The van der Waals surface area contributed by atoms with E-state index in [4.69, 9.17) is 5.73 Å². The molecular formula is C13H17N5O. The highest BCUT2D eigenvalue weighted by Gasteiger charge is 2.15. The first-order valence-electron chi connectivity index (χ1n) is 5.85. The number of amides is 1. The lowest BCUT2D eigenvalue weighted by molar-refractivity contribution is 0.0341. The Morgan fingerprint density at radius 2 is 1.84 bits per heavy atom. The van der Waals surface area contributed by atoms with Gasteiger partial charge in [0.15, 0.2) is 0 Å². The molecule has 0 saturated carbocycles. The highest BCUT2D eigenvalue weighted by Crippen LogP contribution is 2.12. The SMILES string of the molecule is CN(C)N(C)C(=O)c1cnn(-c2ccc(N)cc2)c1. The third kappa shape index (κ3) is 2.74. The summed E-state index contributed by atoms with van der Waals surface area (Å²) >= 11 is 0. The highest BCUT2D eigenvalue weighted by molar-refractivity contribution is 5.93. The minimum absolute atomic E-state index is 0.105. The molecule has 0 aliphatic rings. The number of nitrogens with two attached hydrogens (primary N) is 1. The fourth-order valence-corrected chi connectivity index (χ4v) is 1.57. The molecule has 2 aromatic rings. The van der Waals surface area contributed by atoms with Gasteiger partial charge in [-0.1, -0.05) is 0 Å². The zero-order chi connectivity index (χ0) is 14.0. The standard InChI is InChI=1S/C13H17N5O/c1-16(2)17(3)13(19)10-8-15-18(9-10)12-6-4-11(14)5-7-12/h4-9H,14H2,1-3H3. The first-order valence-corrected chi connectivity index (χ1v) is 5.85. The van der Waals surface area contributed by atoms with E-state index in [2.05, 4.69) is 5.10 Å². The number of hydrazine groups is 1. The van der Waals surface area contributed by atoms with Gasteiger partial charge in [0.1, 0.15) is 0 Å². The van der Waals surface area contributed by atoms with Gasteiger partial charge in [0.05, 0.1) is 17.4 Å². The van der Waals surface area contributed by atoms with Crippen LogP contribution in [0.4, 0.5) is 5.69 Å². The van der Waals surface area contributed by atoms with Crippen LogP contribution in [0.3, 0.4) is 0 Å². The summed E-state index contributed by atoms with van der Waals surface area (Å²) in [6.45, 7) is 0. The molecule has 0 aliphatic heterocycles. The Labute approximate surface area is 112 Å². The van der Waals surface area contributed by atoms with Crippen molar-refractivity contribution in [2.24, 2.45) is 0 Å². The molecule has 100 valence electrons. The fraction of sp³-hybridized carbons (Fsp3) is 0.231. The summed E-state index contributed by atoms with van der Waals surface area (Å²) in [5.74, 6) is -0.105. The van der Waals surface area contributed by atoms with Crippen LogP contribution in [-0.4, -0.2) is 46.8 Å². The molecule has 0 fully saturated rings. The van der Waals surface area contributed by atoms with Gasteiger partial charge in [-0.25, -0.2) is 9.69 Å². The summed E-state index contributed by atoms with van der Waals surface area (Å²) in [5, 5.41) is 7.42. The van der Waals surface area contributed by atoms with Crippen LogP contribution >= 0.6 is 0 Å². The number of anilines is 1. The Hall–Kier alpha value is -2.34. The molecule has 1 heterocycles. The maximum absolute atomic E-state index is 12.1. The van der Waals surface area contributed by atoms with Gasteiger partial charge in [-0.3, -0.25) is 9.80 Å². The normalized spacial score (nSPS) is 10.7. The molecular weight excluding hydrogens is 242 g/mol. The number of nitrogen functional groups attached to an aromatic ring is 1. The number of aromatic nitrogens is 2. The summed E-state index contributed by atoms with van der Waals surface area (Å²) in [6.07, 6.45) is 3.26. The van der Waals surface area contributed by atoms with Crippen LogP contribution in [-0.2, 0) is 0 Å². The lowest BCUT2D eigenvalue weighted by Gasteiger charge is -2.23. The van der Waals surface area contributed by atoms with Crippen molar-refractivity contribution in [2.45, 2.75) is 0 Å². The van der Waals surface area contributed by atoms with Gasteiger partial charge < -0.3 is 5.73 Å². The summed E-state index contributed by atoms with van der Waals surface area (Å²) in [6, 6.07) is 7.30. The van der Waals surface area contributed by atoms with Crippen LogP contribution in [0.2, 0.25) is 0 Å². The highest BCUT2D eigenvalue weighted by atomic mass is 16.2. The van der Waals surface area contributed by atoms with Crippen LogP contribution in [0.1, 0.15) is 10.4 Å². The molecule has 0 saturated heterocycles. The number of benzene rings is 1. The van der Waals surface area contributed by atoms with E-state index in [1.54, 1.807) is 41.3 Å². The van der Waals surface area contributed by atoms with E-state index < -0.39 is 0 Å². The maximum atomic E-state index is 12.1. The lowest BCUT2D eigenvalue weighted by Crippen LogP contribution is -2.38. The molecule has 0 bridgehead atoms. The first kappa shape index (κ1) is 13.1. The van der Waals surface area contributed by atoms with Gasteiger partial charge >= 0.3 is 0 Å². The smallest absolute Gasteiger partial charge is 0.271 e. The number of carbonyl (C=O) groups is 1. The van der Waals surface area contributed by atoms with E-state index in [0.717, 1.165) is 5.69 Å². The summed E-state index contributed by atoms with van der Waals surface area (Å²) in [4.78, 5) is 12.1. The molecule has 2 rings (SSSR count). The van der Waals surface area contributed by atoms with Crippen LogP contribution in [0.5, 0.6) is 0 Å². The van der Waals surface area contributed by atoms with Crippen molar-refractivity contribution in [3.8, 4) is 5.69 Å². The molecule has 6 heteroatoms. The van der Waals surface area contributed by atoms with Gasteiger partial charge in [0.25, 0.3) is 5.91 Å². The number of nitrogens with zero attached hydrogens (tertiary/aromatic N) is 4. The predicted molar refractivity (Wildman–Crippen MR) is 73.8 cm³/mol. The molecule has 1 amide bonds. The molecule has 1 aromatic carbocycles. The second-order valence-electron chi connectivity index (χ2n) is 4.44. The molecule has 2 N–H and O–H groups in total. The van der Waals surface area contributed by atoms with Crippen molar-refractivity contribution in [1.82, 2.24) is 19.8 Å². The van der Waals surface area contributed by atoms with Crippen molar-refractivity contribution < 1.29 is 4.79 Å². The molecule has 6 nitrogen and oxygen atoms in total. The minimum atomic E-state index is -0.105. The van der Waals surface area contributed by atoms with Crippen molar-refractivity contribution >= 4 is 11.6 Å². The Balaban J connectivity index is 2.24. The lowest BCUT2D eigenvalue weighted by atomic mass is 10.3. The number of hydrogen-bond donors (Lipinski definition) is 1. The molecule has 0 radical (unpaired) electrons. The van der Waals surface area contributed by atoms with E-state index in [0.29, 0.717) is 11.3 Å². The minimum Gasteiger partial charge on any atom is -0.399 e.